The normalized spacial score (nSPS) is 12.8. The summed E-state index contributed by atoms with van der Waals surface area (Å²) in [7, 11) is -2.07. The number of benzene rings is 2. The van der Waals surface area contributed by atoms with Gasteiger partial charge in [-0.3, -0.25) is 0 Å². The zero-order valence-electron chi connectivity index (χ0n) is 27.9. The van der Waals surface area contributed by atoms with Gasteiger partial charge in [-0.2, -0.15) is 0 Å². The zero-order chi connectivity index (χ0) is 33.2. The minimum atomic E-state index is -2.07. The SMILES string of the molecule is CC(C)(O)Cn1c(C(=O)O)cc2ccccc21.CC(C)[Si](OC(C)(C)Cn1c(C(=O)O)cc2ccccc21)(C(C)C)C(C)C. The van der Waals surface area contributed by atoms with Gasteiger partial charge in [0.15, 0.2) is 0 Å². The summed E-state index contributed by atoms with van der Waals surface area (Å²) < 4.78 is 10.5. The number of rotatable bonds is 11. The van der Waals surface area contributed by atoms with E-state index in [1.54, 1.807) is 30.5 Å². The summed E-state index contributed by atoms with van der Waals surface area (Å²) in [5.74, 6) is -1.88. The maximum atomic E-state index is 11.8. The molecule has 0 fully saturated rings. The Hall–Kier alpha value is -3.40. The number of aromatic carboxylic acids is 2. The van der Waals surface area contributed by atoms with Crippen molar-refractivity contribution in [3.63, 3.8) is 0 Å². The van der Waals surface area contributed by atoms with Crippen LogP contribution in [0, 0.1) is 0 Å². The molecule has 9 heteroatoms. The number of aromatic nitrogens is 2. The quantitative estimate of drug-likeness (QED) is 0.145. The lowest BCUT2D eigenvalue weighted by Crippen LogP contribution is -2.54. The van der Waals surface area contributed by atoms with Crippen molar-refractivity contribution >= 4 is 42.1 Å². The van der Waals surface area contributed by atoms with Gasteiger partial charge in [-0.1, -0.05) is 77.9 Å². The average molecular weight is 623 g/mol. The number of nitrogens with zero attached hydrogens (tertiary/aromatic N) is 2. The molecule has 0 unspecified atom stereocenters. The highest BCUT2D eigenvalue weighted by Gasteiger charge is 2.48. The van der Waals surface area contributed by atoms with E-state index in [0.717, 1.165) is 21.8 Å². The van der Waals surface area contributed by atoms with E-state index in [-0.39, 0.29) is 12.2 Å². The molecule has 3 N–H and O–H groups in total. The van der Waals surface area contributed by atoms with Gasteiger partial charge in [0.1, 0.15) is 11.4 Å². The Kier molecular flexibility index (Phi) is 10.6. The Bertz CT molecular complexity index is 1580. The molecule has 44 heavy (non-hydrogen) atoms. The van der Waals surface area contributed by atoms with Crippen LogP contribution in [0.25, 0.3) is 21.8 Å². The molecule has 0 atom stereocenters. The van der Waals surface area contributed by atoms with Crippen LogP contribution in [0.1, 0.15) is 90.2 Å². The van der Waals surface area contributed by atoms with Gasteiger partial charge in [0, 0.05) is 21.8 Å². The van der Waals surface area contributed by atoms with Crippen LogP contribution in [-0.2, 0) is 17.5 Å². The van der Waals surface area contributed by atoms with Gasteiger partial charge in [0.05, 0.1) is 24.3 Å². The number of carboxylic acid groups (broad SMARTS) is 2. The number of hydrogen-bond acceptors (Lipinski definition) is 4. The van der Waals surface area contributed by atoms with Gasteiger partial charge in [-0.15, -0.1) is 0 Å². The highest BCUT2D eigenvalue weighted by Crippen LogP contribution is 2.45. The van der Waals surface area contributed by atoms with E-state index in [9.17, 15) is 19.8 Å². The van der Waals surface area contributed by atoms with Gasteiger partial charge in [0.2, 0.25) is 8.32 Å². The molecule has 0 saturated heterocycles. The highest BCUT2D eigenvalue weighted by atomic mass is 28.4. The highest BCUT2D eigenvalue weighted by molar-refractivity contribution is 6.77. The summed E-state index contributed by atoms with van der Waals surface area (Å²) in [5.41, 5.74) is 2.33. The van der Waals surface area contributed by atoms with E-state index in [1.807, 2.05) is 53.1 Å². The zero-order valence-corrected chi connectivity index (χ0v) is 28.9. The summed E-state index contributed by atoms with van der Waals surface area (Å²) in [6, 6.07) is 18.7. The van der Waals surface area contributed by atoms with Crippen LogP contribution >= 0.6 is 0 Å². The van der Waals surface area contributed by atoms with Gasteiger partial charge in [0.25, 0.3) is 0 Å². The number of aliphatic hydroxyl groups is 1. The molecule has 0 saturated carbocycles. The van der Waals surface area contributed by atoms with Crippen molar-refractivity contribution in [3.05, 3.63) is 72.1 Å². The number of carboxylic acids is 2. The first-order valence-corrected chi connectivity index (χ1v) is 17.5. The molecule has 0 bridgehead atoms. The van der Waals surface area contributed by atoms with Crippen LogP contribution in [0.15, 0.2) is 60.7 Å². The smallest absolute Gasteiger partial charge is 0.352 e. The van der Waals surface area contributed by atoms with Gasteiger partial charge in [-0.25, -0.2) is 9.59 Å². The third kappa shape index (κ3) is 7.62. The van der Waals surface area contributed by atoms with Crippen LogP contribution in [-0.4, -0.2) is 55.9 Å². The predicted octanol–water partition coefficient (Wildman–Crippen LogP) is 8.42. The Balaban J connectivity index is 0.000000266. The van der Waals surface area contributed by atoms with E-state index in [1.165, 1.54) is 0 Å². The standard InChI is InChI=1S/C22H35NO3Si.C13H15NO3/c1-15(2)27(16(3)4,17(5)6)26-22(7,8)14-23-19-12-10-9-11-18(19)13-20(23)21(24)25;1-13(2,17)8-14-10-6-4-3-5-9(10)7-11(14)12(15)16/h9-13,15-17H,14H2,1-8H3,(H,24,25);3-7,17H,8H2,1-2H3,(H,15,16). The minimum Gasteiger partial charge on any atom is -0.477 e. The molecule has 0 radical (unpaired) electrons. The van der Waals surface area contributed by atoms with E-state index in [0.29, 0.717) is 28.9 Å². The van der Waals surface area contributed by atoms with Gasteiger partial charge < -0.3 is 28.9 Å². The minimum absolute atomic E-state index is 0.202. The third-order valence-corrected chi connectivity index (χ3v) is 14.6. The molecule has 0 aliphatic rings. The fourth-order valence-electron chi connectivity index (χ4n) is 6.75. The summed E-state index contributed by atoms with van der Waals surface area (Å²) in [4.78, 5) is 23.0. The van der Waals surface area contributed by atoms with E-state index in [2.05, 4.69) is 55.4 Å². The second-order valence-electron chi connectivity index (χ2n) is 14.0. The first kappa shape index (κ1) is 35.1. The molecule has 0 aliphatic carbocycles. The van der Waals surface area contributed by atoms with Crippen molar-refractivity contribution < 1.29 is 29.3 Å². The Morgan fingerprint density at radius 3 is 1.41 bits per heavy atom. The molecule has 0 aliphatic heterocycles. The average Bonchev–Trinajstić information content (AvgIpc) is 3.45. The first-order chi connectivity index (χ1) is 20.3. The van der Waals surface area contributed by atoms with Crippen LogP contribution < -0.4 is 0 Å². The largest absolute Gasteiger partial charge is 0.477 e. The molecule has 2 aromatic heterocycles. The lowest BCUT2D eigenvalue weighted by atomic mass is 10.1. The predicted molar refractivity (Wildman–Crippen MR) is 180 cm³/mol. The summed E-state index contributed by atoms with van der Waals surface area (Å²) in [5, 5.41) is 30.5. The lowest BCUT2D eigenvalue weighted by Gasteiger charge is -2.47. The fraction of sp³-hybridized carbons (Fsp3) is 0.486. The number of fused-ring (bicyclic) bond motifs is 2. The summed E-state index contributed by atoms with van der Waals surface area (Å²) in [6.07, 6.45) is 0. The molecule has 4 aromatic rings. The topological polar surface area (TPSA) is 114 Å². The second-order valence-corrected chi connectivity index (χ2v) is 19.3. The van der Waals surface area contributed by atoms with E-state index >= 15 is 0 Å². The first-order valence-electron chi connectivity index (χ1n) is 15.4. The fourth-order valence-corrected chi connectivity index (χ4v) is 12.5. The van der Waals surface area contributed by atoms with Gasteiger partial charge in [-0.05, 0) is 68.6 Å². The van der Waals surface area contributed by atoms with Crippen molar-refractivity contribution in [3.8, 4) is 0 Å². The maximum Gasteiger partial charge on any atom is 0.352 e. The molecule has 240 valence electrons. The number of para-hydroxylation sites is 2. The van der Waals surface area contributed by atoms with Crippen LogP contribution in [0.5, 0.6) is 0 Å². The van der Waals surface area contributed by atoms with Gasteiger partial charge >= 0.3 is 11.9 Å². The molecular formula is C35H50N2O6Si. The molecule has 2 heterocycles. The van der Waals surface area contributed by atoms with Crippen molar-refractivity contribution in [1.29, 1.82) is 0 Å². The lowest BCUT2D eigenvalue weighted by molar-refractivity contribution is 0.0572. The molecule has 0 spiro atoms. The summed E-state index contributed by atoms with van der Waals surface area (Å²) in [6.45, 7) is 21.9. The molecule has 4 rings (SSSR count). The van der Waals surface area contributed by atoms with E-state index < -0.39 is 31.5 Å². The Morgan fingerprint density at radius 1 is 0.705 bits per heavy atom. The van der Waals surface area contributed by atoms with Crippen molar-refractivity contribution in [1.82, 2.24) is 9.13 Å². The van der Waals surface area contributed by atoms with Crippen molar-refractivity contribution in [2.45, 2.75) is 110 Å². The second kappa shape index (κ2) is 13.3. The Morgan fingerprint density at radius 2 is 1.07 bits per heavy atom. The number of hydrogen-bond donors (Lipinski definition) is 3. The molecule has 8 nitrogen and oxygen atoms in total. The number of carbonyl (C=O) groups is 2. The Labute approximate surface area is 262 Å². The molecule has 0 amide bonds. The van der Waals surface area contributed by atoms with Crippen molar-refractivity contribution in [2.24, 2.45) is 0 Å². The van der Waals surface area contributed by atoms with Crippen LogP contribution in [0.4, 0.5) is 0 Å². The summed E-state index contributed by atoms with van der Waals surface area (Å²) >= 11 is 0. The van der Waals surface area contributed by atoms with E-state index in [4.69, 9.17) is 9.53 Å². The van der Waals surface area contributed by atoms with Crippen LogP contribution in [0.2, 0.25) is 16.6 Å². The van der Waals surface area contributed by atoms with Crippen molar-refractivity contribution in [2.75, 3.05) is 0 Å². The third-order valence-electron chi connectivity index (χ3n) is 8.30. The molecular weight excluding hydrogens is 572 g/mol. The maximum absolute atomic E-state index is 11.8. The van der Waals surface area contributed by atoms with Crippen LogP contribution in [0.3, 0.4) is 0 Å². The monoisotopic (exact) mass is 622 g/mol. The molecule has 2 aromatic carbocycles.